The van der Waals surface area contributed by atoms with E-state index in [0.717, 1.165) is 5.56 Å². The molecule has 0 aliphatic heterocycles. The number of hydrogen-bond acceptors (Lipinski definition) is 4. The highest BCUT2D eigenvalue weighted by Crippen LogP contribution is 2.56. The number of benzene rings is 2. The molecule has 1 fully saturated rings. The highest BCUT2D eigenvalue weighted by atomic mass is 19.4. The molecule has 3 rings (SSSR count). The highest BCUT2D eigenvalue weighted by Gasteiger charge is 2.47. The third kappa shape index (κ3) is 5.79. The Balaban J connectivity index is 1.85. The van der Waals surface area contributed by atoms with Crippen molar-refractivity contribution in [3.63, 3.8) is 0 Å². The summed E-state index contributed by atoms with van der Waals surface area (Å²) in [5, 5.41) is 10.7. The van der Waals surface area contributed by atoms with Gasteiger partial charge in [0.25, 0.3) is 0 Å². The van der Waals surface area contributed by atoms with E-state index in [1.807, 2.05) is 0 Å². The van der Waals surface area contributed by atoms with Gasteiger partial charge in [0, 0.05) is 0 Å². The fraction of sp³-hybridized carbons (Fsp3) is 0.500. The molecule has 0 saturated heterocycles. The Kier molecular flexibility index (Phi) is 7.43. The lowest BCUT2D eigenvalue weighted by Crippen LogP contribution is -2.40. The first-order valence-corrected chi connectivity index (χ1v) is 11.4. The van der Waals surface area contributed by atoms with Crippen LogP contribution in [-0.2, 0) is 21.9 Å². The minimum atomic E-state index is -5.06. The average molecular weight is 518 g/mol. The van der Waals surface area contributed by atoms with Crippen molar-refractivity contribution in [2.24, 2.45) is 5.92 Å². The molecule has 3 unspecified atom stereocenters. The Morgan fingerprint density at radius 2 is 1.61 bits per heavy atom. The van der Waals surface area contributed by atoms with Gasteiger partial charge in [-0.1, -0.05) is 18.2 Å². The van der Waals surface area contributed by atoms with Crippen molar-refractivity contribution in [2.45, 2.75) is 71.0 Å². The zero-order chi connectivity index (χ0) is 27.2. The fourth-order valence-corrected chi connectivity index (χ4v) is 4.37. The van der Waals surface area contributed by atoms with Crippen LogP contribution in [-0.4, -0.2) is 23.3 Å². The summed E-state index contributed by atoms with van der Waals surface area (Å²) in [6.07, 6.45) is -11.2. The molecular formula is C26H28F6O4. The average Bonchev–Trinajstić information content (AvgIpc) is 3.55. The van der Waals surface area contributed by atoms with Crippen LogP contribution >= 0.6 is 0 Å². The molecule has 0 amide bonds. The van der Waals surface area contributed by atoms with Gasteiger partial charge in [-0.2, -0.15) is 26.3 Å². The maximum atomic E-state index is 13.5. The van der Waals surface area contributed by atoms with E-state index in [4.69, 9.17) is 9.47 Å². The number of rotatable bonds is 7. The molecule has 0 spiro atoms. The maximum absolute atomic E-state index is 13.5. The second-order valence-electron chi connectivity index (χ2n) is 9.57. The van der Waals surface area contributed by atoms with Gasteiger partial charge in [0.2, 0.25) is 0 Å². The molecule has 10 heteroatoms. The number of esters is 1. The van der Waals surface area contributed by atoms with Crippen LogP contribution in [0.3, 0.4) is 0 Å². The van der Waals surface area contributed by atoms with Crippen LogP contribution in [0.4, 0.5) is 26.3 Å². The summed E-state index contributed by atoms with van der Waals surface area (Å²) < 4.78 is 90.5. The Bertz CT molecular complexity index is 1110. The highest BCUT2D eigenvalue weighted by molar-refractivity contribution is 5.79. The van der Waals surface area contributed by atoms with Gasteiger partial charge in [0.1, 0.15) is 5.75 Å². The number of aryl methyl sites for hydroxylation is 2. The van der Waals surface area contributed by atoms with E-state index in [1.54, 1.807) is 46.8 Å². The van der Waals surface area contributed by atoms with Crippen LogP contribution in [0.2, 0.25) is 0 Å². The van der Waals surface area contributed by atoms with Crippen LogP contribution in [0.1, 0.15) is 72.6 Å². The molecule has 2 aromatic rings. The number of halogens is 6. The number of aliphatic hydroxyl groups is 1. The quantitative estimate of drug-likeness (QED) is 0.320. The minimum Gasteiger partial charge on any atom is -0.476 e. The van der Waals surface area contributed by atoms with Crippen molar-refractivity contribution in [2.75, 3.05) is 6.61 Å². The molecule has 0 heterocycles. The summed E-state index contributed by atoms with van der Waals surface area (Å²) in [4.78, 5) is 12.2. The summed E-state index contributed by atoms with van der Waals surface area (Å²) >= 11 is 0. The van der Waals surface area contributed by atoms with Crippen molar-refractivity contribution < 1.29 is 45.7 Å². The molecule has 0 radical (unpaired) electrons. The third-order valence-electron chi connectivity index (χ3n) is 6.29. The van der Waals surface area contributed by atoms with E-state index < -0.39 is 52.6 Å². The number of alkyl halides is 6. The summed E-state index contributed by atoms with van der Waals surface area (Å²) in [5.41, 5.74) is -2.61. The molecule has 1 N–H and O–H groups in total. The van der Waals surface area contributed by atoms with Crippen LogP contribution in [0.25, 0.3) is 0 Å². The molecule has 36 heavy (non-hydrogen) atoms. The fourth-order valence-electron chi connectivity index (χ4n) is 4.37. The van der Waals surface area contributed by atoms with Crippen LogP contribution in [0.5, 0.6) is 5.75 Å². The topological polar surface area (TPSA) is 55.8 Å². The molecule has 0 aromatic heterocycles. The van der Waals surface area contributed by atoms with Crippen molar-refractivity contribution in [3.05, 3.63) is 63.7 Å². The van der Waals surface area contributed by atoms with E-state index in [-0.39, 0.29) is 18.6 Å². The standard InChI is InChI=1S/C26H28F6O4/c1-6-35-23(34)24(4,5)36-22-13(2)9-15(10-14(22)3)18-12-19(18)21(33)17-8-7-16(25(27,28)29)11-20(17)26(30,31)32/h7-11,18-19,21,33H,6,12H2,1-5H3. The summed E-state index contributed by atoms with van der Waals surface area (Å²) in [6.45, 7) is 8.56. The number of hydrogen-bond donors (Lipinski definition) is 1. The first-order chi connectivity index (χ1) is 16.5. The lowest BCUT2D eigenvalue weighted by atomic mass is 9.94. The predicted octanol–water partition coefficient (Wildman–Crippen LogP) is 6.90. The number of carbonyl (C=O) groups excluding carboxylic acids is 1. The molecule has 1 aliphatic carbocycles. The van der Waals surface area contributed by atoms with Crippen molar-refractivity contribution in [1.29, 1.82) is 0 Å². The second-order valence-corrected chi connectivity index (χ2v) is 9.57. The Morgan fingerprint density at radius 3 is 2.11 bits per heavy atom. The first-order valence-electron chi connectivity index (χ1n) is 11.4. The molecule has 3 atom stereocenters. The summed E-state index contributed by atoms with van der Waals surface area (Å²) in [7, 11) is 0. The van der Waals surface area contributed by atoms with Crippen molar-refractivity contribution >= 4 is 5.97 Å². The number of ether oxygens (including phenoxy) is 2. The van der Waals surface area contributed by atoms with E-state index in [1.165, 1.54) is 0 Å². The molecule has 2 aromatic carbocycles. The van der Waals surface area contributed by atoms with E-state index in [0.29, 0.717) is 35.4 Å². The first kappa shape index (κ1) is 27.8. The lowest BCUT2D eigenvalue weighted by Gasteiger charge is -2.26. The van der Waals surface area contributed by atoms with Gasteiger partial charge in [-0.05, 0) is 87.3 Å². The maximum Gasteiger partial charge on any atom is 0.416 e. The van der Waals surface area contributed by atoms with Gasteiger partial charge in [0.05, 0.1) is 23.8 Å². The number of carbonyl (C=O) groups is 1. The molecule has 198 valence electrons. The van der Waals surface area contributed by atoms with Gasteiger partial charge in [-0.3, -0.25) is 0 Å². The monoisotopic (exact) mass is 518 g/mol. The molecule has 1 saturated carbocycles. The summed E-state index contributed by atoms with van der Waals surface area (Å²) in [5.74, 6) is -0.941. The summed E-state index contributed by atoms with van der Waals surface area (Å²) in [6, 6.07) is 4.85. The van der Waals surface area contributed by atoms with Gasteiger partial charge in [-0.25, -0.2) is 4.79 Å². The smallest absolute Gasteiger partial charge is 0.416 e. The normalized spacial score (nSPS) is 19.1. The van der Waals surface area contributed by atoms with Crippen LogP contribution < -0.4 is 4.74 Å². The van der Waals surface area contributed by atoms with Crippen molar-refractivity contribution in [1.82, 2.24) is 0 Å². The Labute approximate surface area is 205 Å². The minimum absolute atomic E-state index is 0.0433. The molecule has 4 nitrogen and oxygen atoms in total. The third-order valence-corrected chi connectivity index (χ3v) is 6.29. The van der Waals surface area contributed by atoms with Gasteiger partial charge in [0.15, 0.2) is 5.60 Å². The lowest BCUT2D eigenvalue weighted by molar-refractivity contribution is -0.158. The molecule has 0 bridgehead atoms. The molecule has 1 aliphatic rings. The van der Waals surface area contributed by atoms with E-state index in [2.05, 4.69) is 0 Å². The predicted molar refractivity (Wildman–Crippen MR) is 120 cm³/mol. The van der Waals surface area contributed by atoms with Crippen molar-refractivity contribution in [3.8, 4) is 5.75 Å². The Morgan fingerprint density at radius 1 is 1.03 bits per heavy atom. The van der Waals surface area contributed by atoms with Crippen LogP contribution in [0.15, 0.2) is 30.3 Å². The van der Waals surface area contributed by atoms with Gasteiger partial charge in [-0.15, -0.1) is 0 Å². The second kappa shape index (κ2) is 9.61. The Hall–Kier alpha value is -2.75. The van der Waals surface area contributed by atoms with Gasteiger partial charge < -0.3 is 14.6 Å². The molecular weight excluding hydrogens is 490 g/mol. The van der Waals surface area contributed by atoms with Gasteiger partial charge >= 0.3 is 18.3 Å². The van der Waals surface area contributed by atoms with Crippen LogP contribution in [0, 0.1) is 19.8 Å². The number of aliphatic hydroxyl groups excluding tert-OH is 1. The van der Waals surface area contributed by atoms with E-state index >= 15 is 0 Å². The largest absolute Gasteiger partial charge is 0.476 e. The zero-order valence-electron chi connectivity index (χ0n) is 20.5. The zero-order valence-corrected chi connectivity index (χ0v) is 20.5. The SMILES string of the molecule is CCOC(=O)C(C)(C)Oc1c(C)cc(C2CC2C(O)c2ccc(C(F)(F)F)cc2C(F)(F)F)cc1C. The van der Waals surface area contributed by atoms with E-state index in [9.17, 15) is 36.2 Å².